The topological polar surface area (TPSA) is 18.5 Å². The Morgan fingerprint density at radius 1 is 0.245 bits per heavy atom. The van der Waals surface area contributed by atoms with E-state index < -0.39 is 0 Å². The molecule has 0 radical (unpaired) electrons. The molecule has 0 aliphatic carbocycles. The van der Waals surface area contributed by atoms with Gasteiger partial charge in [0.1, 0.15) is 0 Å². The maximum absolute atomic E-state index is 3.58. The van der Waals surface area contributed by atoms with Crippen LogP contribution in [0.2, 0.25) is 0 Å². The first kappa shape index (κ1) is 33.3. The maximum Gasteiger partial charge on any atom is 0.0461 e. The molecule has 8 rings (SSSR count). The Labute approximate surface area is 313 Å². The summed E-state index contributed by atoms with van der Waals surface area (Å²) in [4.78, 5) is 4.58. The minimum absolute atomic E-state index is 0.878. The molecule has 0 amide bonds. The van der Waals surface area contributed by atoms with Gasteiger partial charge in [0.15, 0.2) is 0 Å². The number of nitrogens with zero attached hydrogens (tertiary/aromatic N) is 2. The molecule has 0 saturated heterocycles. The highest BCUT2D eigenvalue weighted by Crippen LogP contribution is 2.36. The normalized spacial score (nSPS) is 10.8. The molecule has 0 fully saturated rings. The van der Waals surface area contributed by atoms with Gasteiger partial charge in [0.2, 0.25) is 0 Å². The molecule has 3 heteroatoms. The van der Waals surface area contributed by atoms with Crippen LogP contribution in [0.3, 0.4) is 0 Å². The summed E-state index contributed by atoms with van der Waals surface area (Å²) >= 11 is 0. The minimum atomic E-state index is 0.878. The van der Waals surface area contributed by atoms with Gasteiger partial charge in [-0.15, -0.1) is 0 Å². The zero-order valence-corrected chi connectivity index (χ0v) is 29.6. The fourth-order valence-electron chi connectivity index (χ4n) is 6.78. The van der Waals surface area contributed by atoms with E-state index in [-0.39, 0.29) is 0 Å². The summed E-state index contributed by atoms with van der Waals surface area (Å²) in [6.45, 7) is 0. The minimum Gasteiger partial charge on any atom is -0.356 e. The number of hydrogen-bond donors (Lipinski definition) is 1. The molecule has 3 nitrogen and oxygen atoms in total. The van der Waals surface area contributed by atoms with E-state index in [0.29, 0.717) is 0 Å². The second kappa shape index (κ2) is 16.0. The molecule has 0 aliphatic heterocycles. The van der Waals surface area contributed by atoms with Crippen molar-refractivity contribution < 1.29 is 0 Å². The van der Waals surface area contributed by atoms with Gasteiger partial charge in [0.25, 0.3) is 0 Å². The van der Waals surface area contributed by atoms with E-state index in [4.69, 9.17) is 0 Å². The quantitative estimate of drug-likeness (QED) is 0.138. The summed E-state index contributed by atoms with van der Waals surface area (Å²) in [7, 11) is 0. The van der Waals surface area contributed by atoms with Crippen LogP contribution in [0, 0.1) is 0 Å². The van der Waals surface area contributed by atoms with Crippen LogP contribution in [0.5, 0.6) is 0 Å². The van der Waals surface area contributed by atoms with Gasteiger partial charge >= 0.3 is 0 Å². The first-order valence-corrected chi connectivity index (χ1v) is 18.2. The molecular weight excluding hydrogens is 643 g/mol. The van der Waals surface area contributed by atoms with E-state index in [1.807, 2.05) is 0 Å². The number of rotatable bonds is 12. The van der Waals surface area contributed by atoms with Gasteiger partial charge in [-0.2, -0.15) is 0 Å². The Morgan fingerprint density at radius 3 is 0.736 bits per heavy atom. The van der Waals surface area contributed by atoms with Crippen LogP contribution in [0.1, 0.15) is 22.3 Å². The number of para-hydroxylation sites is 4. The van der Waals surface area contributed by atoms with Crippen LogP contribution in [0.15, 0.2) is 218 Å². The fraction of sp³-hybridized carbons (Fsp3) is 0.0400. The molecule has 0 atom stereocenters. The molecule has 256 valence electrons. The van der Waals surface area contributed by atoms with E-state index in [1.54, 1.807) is 0 Å². The Morgan fingerprint density at radius 2 is 0.472 bits per heavy atom. The molecule has 8 aromatic carbocycles. The molecule has 0 unspecified atom stereocenters. The van der Waals surface area contributed by atoms with E-state index in [9.17, 15) is 0 Å². The molecule has 0 bridgehead atoms. The lowest BCUT2D eigenvalue weighted by molar-refractivity contribution is 1.18. The average Bonchev–Trinajstić information content (AvgIpc) is 3.22. The zero-order chi connectivity index (χ0) is 35.7. The largest absolute Gasteiger partial charge is 0.356 e. The van der Waals surface area contributed by atoms with Gasteiger partial charge in [-0.3, -0.25) is 0 Å². The third-order valence-corrected chi connectivity index (χ3v) is 9.46. The monoisotopic (exact) mass is 683 g/mol. The van der Waals surface area contributed by atoms with Crippen molar-refractivity contribution in [3.05, 3.63) is 241 Å². The number of nitrogens with one attached hydrogen (secondary N) is 1. The van der Waals surface area contributed by atoms with Crippen LogP contribution < -0.4 is 15.1 Å². The highest BCUT2D eigenvalue weighted by atomic mass is 15.1. The van der Waals surface area contributed by atoms with Gasteiger partial charge in [-0.05, 0) is 132 Å². The molecule has 8 aromatic rings. The van der Waals surface area contributed by atoms with Gasteiger partial charge in [-0.25, -0.2) is 0 Å². The van der Waals surface area contributed by atoms with Gasteiger partial charge in [0.05, 0.1) is 0 Å². The van der Waals surface area contributed by atoms with Crippen molar-refractivity contribution in [2.45, 2.75) is 12.8 Å². The van der Waals surface area contributed by atoms with Crippen LogP contribution in [0.25, 0.3) is 0 Å². The highest BCUT2D eigenvalue weighted by Gasteiger charge is 2.13. The average molecular weight is 684 g/mol. The first-order valence-electron chi connectivity index (χ1n) is 18.2. The van der Waals surface area contributed by atoms with Crippen molar-refractivity contribution in [1.29, 1.82) is 0 Å². The van der Waals surface area contributed by atoms with E-state index >= 15 is 0 Å². The molecule has 0 aromatic heterocycles. The smallest absolute Gasteiger partial charge is 0.0461 e. The van der Waals surface area contributed by atoms with Crippen LogP contribution in [0.4, 0.5) is 45.5 Å². The summed E-state index contributed by atoms with van der Waals surface area (Å²) in [5.41, 5.74) is 14.1. The number of anilines is 8. The summed E-state index contributed by atoms with van der Waals surface area (Å²) in [6.07, 6.45) is 1.76. The Hall–Kier alpha value is -6.84. The van der Waals surface area contributed by atoms with E-state index in [2.05, 4.69) is 234 Å². The van der Waals surface area contributed by atoms with Crippen molar-refractivity contribution >= 4 is 45.5 Å². The lowest BCUT2D eigenvalue weighted by atomic mass is 10.0. The predicted molar refractivity (Wildman–Crippen MR) is 224 cm³/mol. The van der Waals surface area contributed by atoms with E-state index in [1.165, 1.54) is 22.3 Å². The zero-order valence-electron chi connectivity index (χ0n) is 29.6. The molecule has 0 heterocycles. The van der Waals surface area contributed by atoms with Gasteiger partial charge < -0.3 is 15.1 Å². The molecule has 1 N–H and O–H groups in total. The molecule has 0 spiro atoms. The molecular formula is C50H41N3. The molecule has 0 saturated carbocycles. The van der Waals surface area contributed by atoms with Gasteiger partial charge in [-0.1, -0.05) is 121 Å². The third-order valence-electron chi connectivity index (χ3n) is 9.46. The van der Waals surface area contributed by atoms with Crippen molar-refractivity contribution in [2.75, 3.05) is 15.1 Å². The summed E-state index contributed by atoms with van der Waals surface area (Å²) in [5.74, 6) is 0. The standard InChI is InChI=1S/C50H41N3/c1-5-13-45(14-6-1)52(46-15-7-2-8-16-46)49-33-25-41(26-34-49)37-39-21-29-43(30-22-39)51-44-31-23-40(24-32-44)38-42-27-35-50(36-28-42)53(47-17-9-3-10-18-47)48-19-11-4-12-20-48/h1-36,51H,37-38H2. The van der Waals surface area contributed by atoms with Crippen molar-refractivity contribution in [1.82, 2.24) is 0 Å². The highest BCUT2D eigenvalue weighted by molar-refractivity contribution is 5.77. The number of benzene rings is 8. The van der Waals surface area contributed by atoms with Crippen molar-refractivity contribution in [3.8, 4) is 0 Å². The first-order chi connectivity index (χ1) is 26.2. The third kappa shape index (κ3) is 8.22. The van der Waals surface area contributed by atoms with Crippen LogP contribution in [-0.2, 0) is 12.8 Å². The summed E-state index contributed by atoms with van der Waals surface area (Å²) in [5, 5.41) is 3.58. The van der Waals surface area contributed by atoms with Crippen molar-refractivity contribution in [2.24, 2.45) is 0 Å². The SMILES string of the molecule is c1ccc(N(c2ccccc2)c2ccc(Cc3ccc(Nc4ccc(Cc5ccc(N(c6ccccc6)c6ccccc6)cc5)cc4)cc3)cc2)cc1. The summed E-state index contributed by atoms with van der Waals surface area (Å²) in [6, 6.07) is 77.4. The lowest BCUT2D eigenvalue weighted by Crippen LogP contribution is -2.09. The summed E-state index contributed by atoms with van der Waals surface area (Å²) < 4.78 is 0. The number of hydrogen-bond acceptors (Lipinski definition) is 3. The predicted octanol–water partition coefficient (Wildman–Crippen LogP) is 13.6. The lowest BCUT2D eigenvalue weighted by Gasteiger charge is -2.25. The molecule has 53 heavy (non-hydrogen) atoms. The fourth-order valence-corrected chi connectivity index (χ4v) is 6.78. The van der Waals surface area contributed by atoms with Gasteiger partial charge in [0, 0.05) is 45.5 Å². The second-order valence-corrected chi connectivity index (χ2v) is 13.2. The Kier molecular flexibility index (Phi) is 10.1. The van der Waals surface area contributed by atoms with Crippen molar-refractivity contribution in [3.63, 3.8) is 0 Å². The Balaban J connectivity index is 0.882. The Bertz CT molecular complexity index is 2060. The second-order valence-electron chi connectivity index (χ2n) is 13.2. The van der Waals surface area contributed by atoms with Crippen LogP contribution in [-0.4, -0.2) is 0 Å². The van der Waals surface area contributed by atoms with E-state index in [0.717, 1.165) is 58.3 Å². The molecule has 0 aliphatic rings. The van der Waals surface area contributed by atoms with Crippen LogP contribution >= 0.6 is 0 Å². The maximum atomic E-state index is 3.58.